The summed E-state index contributed by atoms with van der Waals surface area (Å²) < 4.78 is 68.9. The van der Waals surface area contributed by atoms with E-state index in [4.69, 9.17) is 4.99 Å². The van der Waals surface area contributed by atoms with Crippen molar-refractivity contribution in [1.82, 2.24) is 9.80 Å². The summed E-state index contributed by atoms with van der Waals surface area (Å²) in [5, 5.41) is 0. The number of urea groups is 1. The summed E-state index contributed by atoms with van der Waals surface area (Å²) in [6.45, 7) is 0.513. The summed E-state index contributed by atoms with van der Waals surface area (Å²) in [6, 6.07) is 5.18. The number of aliphatic imine (C=N–C) groups is 2. The highest BCUT2D eigenvalue weighted by Gasteiger charge is 2.44. The highest BCUT2D eigenvalue weighted by molar-refractivity contribution is 6.06. The Morgan fingerprint density at radius 1 is 1.03 bits per heavy atom. The van der Waals surface area contributed by atoms with Gasteiger partial charge in [-0.05, 0) is 37.0 Å². The molecule has 0 radical (unpaired) electrons. The van der Waals surface area contributed by atoms with Crippen LogP contribution in [0, 0.1) is 11.8 Å². The molecule has 2 unspecified atom stereocenters. The number of carbonyl (C=O) groups excluding carboxylic acids is 1. The molecule has 2 atom stereocenters. The third-order valence-corrected chi connectivity index (χ3v) is 6.82. The average Bonchev–Trinajstić information content (AvgIpc) is 3.39. The van der Waals surface area contributed by atoms with Crippen LogP contribution < -0.4 is 4.74 Å². The van der Waals surface area contributed by atoms with Gasteiger partial charge in [-0.2, -0.15) is 0 Å². The number of hydrogen-bond donors (Lipinski definition) is 0. The van der Waals surface area contributed by atoms with E-state index in [1.54, 1.807) is 17.0 Å². The molecule has 3 fully saturated rings. The highest BCUT2D eigenvalue weighted by Crippen LogP contribution is 2.37. The lowest BCUT2D eigenvalue weighted by Gasteiger charge is -2.39. The topological polar surface area (TPSA) is 57.5 Å². The second-order valence-electron chi connectivity index (χ2n) is 9.51. The van der Waals surface area contributed by atoms with Crippen LogP contribution in [0.4, 0.5) is 26.7 Å². The predicted octanol–water partition coefficient (Wildman–Crippen LogP) is 4.71. The molecule has 6 nitrogen and oxygen atoms in total. The number of likely N-dealkylation sites (tertiary alicyclic amines) is 2. The van der Waals surface area contributed by atoms with Gasteiger partial charge in [0, 0.05) is 49.5 Å². The lowest BCUT2D eigenvalue weighted by atomic mass is 9.82. The fourth-order valence-electron chi connectivity index (χ4n) is 4.94. The van der Waals surface area contributed by atoms with Gasteiger partial charge in [0.1, 0.15) is 11.6 Å². The highest BCUT2D eigenvalue weighted by atomic mass is 19.4. The smallest absolute Gasteiger partial charge is 0.406 e. The average molecular weight is 484 g/mol. The minimum atomic E-state index is -4.78. The molecule has 34 heavy (non-hydrogen) atoms. The fraction of sp³-hybridized carbons (Fsp3) is 0.609. The molecule has 1 saturated carbocycles. The molecule has 1 aromatic carbocycles. The number of amidine groups is 1. The Hall–Kier alpha value is -2.72. The number of rotatable bonds is 4. The third-order valence-electron chi connectivity index (χ3n) is 6.82. The van der Waals surface area contributed by atoms with E-state index >= 15 is 0 Å². The van der Waals surface area contributed by atoms with Crippen LogP contribution in [0.15, 0.2) is 34.3 Å². The molecule has 3 heterocycles. The number of carbonyl (C=O) groups is 1. The molecule has 184 valence electrons. The first kappa shape index (κ1) is 23.0. The van der Waals surface area contributed by atoms with Gasteiger partial charge in [0.2, 0.25) is 0 Å². The van der Waals surface area contributed by atoms with E-state index in [-0.39, 0.29) is 30.6 Å². The maximum Gasteiger partial charge on any atom is 0.573 e. The number of nitrogens with zero attached hydrogens (tertiary/aromatic N) is 4. The number of alkyl halides is 5. The fourth-order valence-corrected chi connectivity index (χ4v) is 4.94. The molecule has 0 aromatic heterocycles. The van der Waals surface area contributed by atoms with Crippen molar-refractivity contribution in [2.45, 2.75) is 43.9 Å². The first-order valence-electron chi connectivity index (χ1n) is 11.5. The van der Waals surface area contributed by atoms with Gasteiger partial charge in [-0.15, -0.1) is 13.2 Å². The van der Waals surface area contributed by atoms with Crippen molar-refractivity contribution < 1.29 is 31.5 Å². The maximum atomic E-state index is 13.7. The second-order valence-corrected chi connectivity index (χ2v) is 9.51. The normalized spacial score (nSPS) is 27.0. The van der Waals surface area contributed by atoms with Crippen molar-refractivity contribution in [3.63, 3.8) is 0 Å². The minimum absolute atomic E-state index is 0.00295. The van der Waals surface area contributed by atoms with Gasteiger partial charge < -0.3 is 14.5 Å². The molecule has 2 saturated heterocycles. The number of benzene rings is 1. The first-order chi connectivity index (χ1) is 16.1. The standard InChI is InChI=1S/C23H25F5N4O2/c24-22(25)7-8-31(13-22)21(33)32-11-16(14-3-5-18(6-4-14)34-23(26,27)28)9-17(12-32)19-10-29-20(30-19)15-1-2-15/h3-6,15-17H,1-2,7-13H2. The van der Waals surface area contributed by atoms with E-state index in [2.05, 4.69) is 9.73 Å². The van der Waals surface area contributed by atoms with Crippen LogP contribution >= 0.6 is 0 Å². The van der Waals surface area contributed by atoms with Crippen molar-refractivity contribution >= 4 is 17.6 Å². The summed E-state index contributed by atoms with van der Waals surface area (Å²) in [7, 11) is 0. The van der Waals surface area contributed by atoms with E-state index in [1.807, 2.05) is 0 Å². The Morgan fingerprint density at radius 2 is 1.74 bits per heavy atom. The molecule has 0 bridgehead atoms. The van der Waals surface area contributed by atoms with Gasteiger partial charge in [0.15, 0.2) is 0 Å². The van der Waals surface area contributed by atoms with Crippen molar-refractivity contribution in [3.05, 3.63) is 29.8 Å². The van der Waals surface area contributed by atoms with E-state index in [0.29, 0.717) is 32.0 Å². The van der Waals surface area contributed by atoms with Crippen LogP contribution in [0.2, 0.25) is 0 Å². The molecule has 0 N–H and O–H groups in total. The van der Waals surface area contributed by atoms with E-state index in [1.165, 1.54) is 17.0 Å². The minimum Gasteiger partial charge on any atom is -0.406 e. The van der Waals surface area contributed by atoms with Crippen molar-refractivity contribution in [2.24, 2.45) is 21.8 Å². The zero-order valence-electron chi connectivity index (χ0n) is 18.4. The number of halogens is 5. The molecule has 5 rings (SSSR count). The lowest BCUT2D eigenvalue weighted by Crippen LogP contribution is -2.50. The van der Waals surface area contributed by atoms with Crippen molar-refractivity contribution in [3.8, 4) is 5.75 Å². The van der Waals surface area contributed by atoms with Gasteiger partial charge in [0.05, 0.1) is 13.1 Å². The van der Waals surface area contributed by atoms with E-state index in [9.17, 15) is 26.7 Å². The molecule has 0 spiro atoms. The van der Waals surface area contributed by atoms with Crippen LogP contribution in [0.5, 0.6) is 5.75 Å². The van der Waals surface area contributed by atoms with Gasteiger partial charge >= 0.3 is 12.4 Å². The molecule has 1 aromatic rings. The SMILES string of the molecule is O=C(N1CC(C2=NC(C3CC3)=NC2)CC(c2ccc(OC(F)(F)F)cc2)C1)N1CCC(F)(F)C1. The van der Waals surface area contributed by atoms with Gasteiger partial charge in [-0.25, -0.2) is 18.6 Å². The van der Waals surface area contributed by atoms with Crippen LogP contribution in [-0.4, -0.2) is 72.4 Å². The second kappa shape index (κ2) is 8.49. The third kappa shape index (κ3) is 5.17. The van der Waals surface area contributed by atoms with Crippen LogP contribution in [0.25, 0.3) is 0 Å². The Bertz CT molecular complexity index is 1000. The maximum absolute atomic E-state index is 13.7. The summed E-state index contributed by atoms with van der Waals surface area (Å²) >= 11 is 0. The zero-order valence-corrected chi connectivity index (χ0v) is 18.4. The monoisotopic (exact) mass is 484 g/mol. The summed E-state index contributed by atoms with van der Waals surface area (Å²) in [4.78, 5) is 25.1. The Labute approximate surface area is 193 Å². The van der Waals surface area contributed by atoms with Gasteiger partial charge in [0.25, 0.3) is 5.92 Å². The Kier molecular flexibility index (Phi) is 5.76. The van der Waals surface area contributed by atoms with E-state index < -0.39 is 24.9 Å². The van der Waals surface area contributed by atoms with Crippen LogP contribution in [0.3, 0.4) is 0 Å². The quantitative estimate of drug-likeness (QED) is 0.581. The lowest BCUT2D eigenvalue weighted by molar-refractivity contribution is -0.274. The van der Waals surface area contributed by atoms with E-state index in [0.717, 1.165) is 30.0 Å². The van der Waals surface area contributed by atoms with Crippen molar-refractivity contribution in [2.75, 3.05) is 32.7 Å². The number of amides is 2. The van der Waals surface area contributed by atoms with Crippen LogP contribution in [-0.2, 0) is 0 Å². The number of ether oxygens (including phenoxy) is 1. The number of piperidine rings is 1. The van der Waals surface area contributed by atoms with Gasteiger partial charge in [-0.1, -0.05) is 12.1 Å². The molecular formula is C23H25F5N4O2. The summed E-state index contributed by atoms with van der Waals surface area (Å²) in [5.74, 6) is -2.24. The zero-order chi connectivity index (χ0) is 24.1. The first-order valence-corrected chi connectivity index (χ1v) is 11.5. The molecule has 4 aliphatic rings. The largest absolute Gasteiger partial charge is 0.573 e. The molecule has 1 aliphatic carbocycles. The molecule has 11 heteroatoms. The van der Waals surface area contributed by atoms with Gasteiger partial charge in [-0.3, -0.25) is 4.99 Å². The summed E-state index contributed by atoms with van der Waals surface area (Å²) in [5.41, 5.74) is 1.64. The molecule has 2 amide bonds. The Balaban J connectivity index is 1.35. The van der Waals surface area contributed by atoms with Crippen LogP contribution in [0.1, 0.15) is 37.2 Å². The molecular weight excluding hydrogens is 459 g/mol. The summed E-state index contributed by atoms with van der Waals surface area (Å²) in [6.07, 6.45) is -2.35. The molecule has 3 aliphatic heterocycles. The van der Waals surface area contributed by atoms with Crippen molar-refractivity contribution in [1.29, 1.82) is 0 Å². The Morgan fingerprint density at radius 3 is 2.35 bits per heavy atom. The predicted molar refractivity (Wildman–Crippen MR) is 115 cm³/mol. The number of hydrogen-bond acceptors (Lipinski definition) is 4.